The highest BCUT2D eigenvalue weighted by atomic mass is 35.5. The van der Waals surface area contributed by atoms with Gasteiger partial charge >= 0.3 is 0 Å². The molecule has 2 aromatic carbocycles. The number of carbonyl (C=O) groups is 2. The maximum Gasteiger partial charge on any atom is 0.243 e. The van der Waals surface area contributed by atoms with Crippen LogP contribution in [0.3, 0.4) is 0 Å². The van der Waals surface area contributed by atoms with Crippen molar-refractivity contribution in [2.45, 2.75) is 50.5 Å². The summed E-state index contributed by atoms with van der Waals surface area (Å²) in [5.41, 5.74) is 2.99. The second-order valence-corrected chi connectivity index (χ2v) is 11.4. The van der Waals surface area contributed by atoms with Gasteiger partial charge in [-0.1, -0.05) is 24.1 Å². The number of amides is 2. The number of carbonyl (C=O) groups excluding carboxylic acids is 2. The number of likely N-dealkylation sites (N-methyl/N-ethyl adjacent to an activating group) is 1. The number of aryl methyl sites for hydroxylation is 1. The number of benzene rings is 2. The van der Waals surface area contributed by atoms with Crippen LogP contribution >= 0.6 is 11.6 Å². The molecule has 2 aliphatic rings. The third kappa shape index (κ3) is 4.65. The monoisotopic (exact) mass is 489 g/mol. The standard InChI is InChI=1S/C24H28ClN3O4S/c1-15-7-8-19(25)13-21(15)26-23(29)14-27(3)33(31,32)20-9-10-22-18(12-20)11-16(2)28(22)24(30)17-5-4-6-17/h7-10,12-13,16-17H,4-6,11,14H2,1-3H3,(H,26,29)/t16-/m0/s1. The van der Waals surface area contributed by atoms with Gasteiger partial charge in [0.2, 0.25) is 21.8 Å². The Kier molecular flexibility index (Phi) is 6.53. The van der Waals surface area contributed by atoms with Gasteiger partial charge in [-0.05, 0) is 74.6 Å². The molecule has 33 heavy (non-hydrogen) atoms. The molecule has 1 atom stereocenters. The first kappa shape index (κ1) is 23.7. The van der Waals surface area contributed by atoms with E-state index in [1.54, 1.807) is 30.3 Å². The van der Waals surface area contributed by atoms with E-state index in [1.807, 2.05) is 18.7 Å². The molecule has 1 heterocycles. The quantitative estimate of drug-likeness (QED) is 0.664. The van der Waals surface area contributed by atoms with Crippen LogP contribution < -0.4 is 10.2 Å². The summed E-state index contributed by atoms with van der Waals surface area (Å²) >= 11 is 5.99. The van der Waals surface area contributed by atoms with E-state index in [0.29, 0.717) is 17.1 Å². The lowest BCUT2D eigenvalue weighted by Crippen LogP contribution is -2.42. The molecule has 1 fully saturated rings. The number of rotatable bonds is 6. The molecule has 0 radical (unpaired) electrons. The van der Waals surface area contributed by atoms with E-state index in [9.17, 15) is 18.0 Å². The molecule has 0 unspecified atom stereocenters. The van der Waals surface area contributed by atoms with E-state index >= 15 is 0 Å². The third-order valence-electron chi connectivity index (χ3n) is 6.51. The molecule has 2 amide bonds. The van der Waals surface area contributed by atoms with Gasteiger partial charge in [0.15, 0.2) is 0 Å². The zero-order chi connectivity index (χ0) is 23.9. The fourth-order valence-electron chi connectivity index (χ4n) is 4.34. The Labute approximate surface area is 199 Å². The Morgan fingerprint density at radius 1 is 1.18 bits per heavy atom. The summed E-state index contributed by atoms with van der Waals surface area (Å²) in [6, 6.07) is 9.98. The lowest BCUT2D eigenvalue weighted by atomic mass is 9.84. The molecule has 9 heteroatoms. The van der Waals surface area contributed by atoms with Crippen molar-refractivity contribution in [1.82, 2.24) is 4.31 Å². The molecular weight excluding hydrogens is 462 g/mol. The van der Waals surface area contributed by atoms with Gasteiger partial charge in [-0.2, -0.15) is 4.31 Å². The molecule has 4 rings (SSSR count). The molecule has 1 aliphatic carbocycles. The van der Waals surface area contributed by atoms with Crippen molar-refractivity contribution in [1.29, 1.82) is 0 Å². The second kappa shape index (κ2) is 9.08. The van der Waals surface area contributed by atoms with Crippen molar-refractivity contribution in [3.05, 3.63) is 52.5 Å². The van der Waals surface area contributed by atoms with Gasteiger partial charge in [0.05, 0.1) is 11.4 Å². The van der Waals surface area contributed by atoms with Gasteiger partial charge in [-0.25, -0.2) is 8.42 Å². The number of hydrogen-bond acceptors (Lipinski definition) is 4. The summed E-state index contributed by atoms with van der Waals surface area (Å²) in [4.78, 5) is 27.3. The highest BCUT2D eigenvalue weighted by Crippen LogP contribution is 2.38. The van der Waals surface area contributed by atoms with Crippen LogP contribution in [0, 0.1) is 12.8 Å². The van der Waals surface area contributed by atoms with Crippen LogP contribution in [-0.4, -0.2) is 44.2 Å². The summed E-state index contributed by atoms with van der Waals surface area (Å²) in [6.45, 7) is 3.48. The summed E-state index contributed by atoms with van der Waals surface area (Å²) in [6.07, 6.45) is 3.53. The molecule has 0 saturated heterocycles. The number of sulfonamides is 1. The molecule has 1 N–H and O–H groups in total. The normalized spacial score (nSPS) is 18.2. The van der Waals surface area contributed by atoms with Crippen molar-refractivity contribution in [3.63, 3.8) is 0 Å². The Hall–Kier alpha value is -2.42. The van der Waals surface area contributed by atoms with E-state index in [2.05, 4.69) is 5.32 Å². The van der Waals surface area contributed by atoms with E-state index in [0.717, 1.165) is 40.4 Å². The summed E-state index contributed by atoms with van der Waals surface area (Å²) in [5, 5.41) is 3.20. The van der Waals surface area contributed by atoms with E-state index < -0.39 is 15.9 Å². The molecule has 0 bridgehead atoms. The number of anilines is 2. The van der Waals surface area contributed by atoms with Crippen molar-refractivity contribution in [2.24, 2.45) is 5.92 Å². The van der Waals surface area contributed by atoms with Crippen LogP contribution in [0.4, 0.5) is 11.4 Å². The van der Waals surface area contributed by atoms with Gasteiger partial charge in [0.25, 0.3) is 0 Å². The van der Waals surface area contributed by atoms with Gasteiger partial charge in [0.1, 0.15) is 0 Å². The molecule has 0 aromatic heterocycles. The average Bonchev–Trinajstić information content (AvgIpc) is 3.04. The molecule has 7 nitrogen and oxygen atoms in total. The first-order valence-corrected chi connectivity index (χ1v) is 12.9. The van der Waals surface area contributed by atoms with Crippen molar-refractivity contribution in [2.75, 3.05) is 23.8 Å². The zero-order valence-electron chi connectivity index (χ0n) is 19.0. The molecule has 0 spiro atoms. The molecule has 176 valence electrons. The number of nitrogens with zero attached hydrogens (tertiary/aromatic N) is 2. The first-order valence-electron chi connectivity index (χ1n) is 11.1. The lowest BCUT2D eigenvalue weighted by Gasteiger charge is -2.32. The number of halogens is 1. The smallest absolute Gasteiger partial charge is 0.243 e. The van der Waals surface area contributed by atoms with Crippen LogP contribution in [-0.2, 0) is 26.0 Å². The van der Waals surface area contributed by atoms with Crippen molar-refractivity contribution < 1.29 is 18.0 Å². The SMILES string of the molecule is Cc1ccc(Cl)cc1NC(=O)CN(C)S(=O)(=O)c1ccc2c(c1)C[C@H](C)N2C(=O)C1CCC1. The fourth-order valence-corrected chi connectivity index (χ4v) is 5.69. The number of hydrogen-bond donors (Lipinski definition) is 1. The molecular formula is C24H28ClN3O4S. The summed E-state index contributed by atoms with van der Waals surface area (Å²) in [5.74, 6) is -0.249. The Morgan fingerprint density at radius 2 is 1.91 bits per heavy atom. The van der Waals surface area contributed by atoms with Crippen LogP contribution in [0.25, 0.3) is 0 Å². The van der Waals surface area contributed by atoms with Gasteiger partial charge in [-0.3, -0.25) is 9.59 Å². The predicted molar refractivity (Wildman–Crippen MR) is 129 cm³/mol. The predicted octanol–water partition coefficient (Wildman–Crippen LogP) is 3.99. The average molecular weight is 490 g/mol. The molecule has 1 aliphatic heterocycles. The highest BCUT2D eigenvalue weighted by molar-refractivity contribution is 7.89. The van der Waals surface area contributed by atoms with Crippen molar-refractivity contribution >= 4 is 44.8 Å². The van der Waals surface area contributed by atoms with Crippen molar-refractivity contribution in [3.8, 4) is 0 Å². The lowest BCUT2D eigenvalue weighted by molar-refractivity contribution is -0.125. The summed E-state index contributed by atoms with van der Waals surface area (Å²) < 4.78 is 27.3. The van der Waals surface area contributed by atoms with E-state index in [-0.39, 0.29) is 29.3 Å². The zero-order valence-corrected chi connectivity index (χ0v) is 20.5. The number of nitrogens with one attached hydrogen (secondary N) is 1. The van der Waals surface area contributed by atoms with Crippen LogP contribution in [0.15, 0.2) is 41.3 Å². The maximum atomic E-state index is 13.1. The Bertz CT molecular complexity index is 1210. The van der Waals surface area contributed by atoms with E-state index in [1.165, 1.54) is 13.1 Å². The van der Waals surface area contributed by atoms with Gasteiger partial charge in [-0.15, -0.1) is 0 Å². The number of fused-ring (bicyclic) bond motifs is 1. The minimum atomic E-state index is -3.89. The van der Waals surface area contributed by atoms with E-state index in [4.69, 9.17) is 11.6 Å². The Morgan fingerprint density at radius 3 is 2.58 bits per heavy atom. The summed E-state index contributed by atoms with van der Waals surface area (Å²) in [7, 11) is -2.51. The maximum absolute atomic E-state index is 13.1. The Balaban J connectivity index is 1.49. The fraction of sp³-hybridized carbons (Fsp3) is 0.417. The minimum absolute atomic E-state index is 0.00417. The largest absolute Gasteiger partial charge is 0.325 e. The van der Waals surface area contributed by atoms with Crippen LogP contribution in [0.1, 0.15) is 37.3 Å². The third-order valence-corrected chi connectivity index (χ3v) is 8.54. The van der Waals surface area contributed by atoms with Crippen LogP contribution in [0.2, 0.25) is 5.02 Å². The second-order valence-electron chi connectivity index (χ2n) is 8.95. The van der Waals surface area contributed by atoms with Gasteiger partial charge in [0, 0.05) is 35.4 Å². The highest BCUT2D eigenvalue weighted by Gasteiger charge is 2.37. The molecule has 2 aromatic rings. The minimum Gasteiger partial charge on any atom is -0.325 e. The topological polar surface area (TPSA) is 86.8 Å². The van der Waals surface area contributed by atoms with Crippen LogP contribution in [0.5, 0.6) is 0 Å². The first-order chi connectivity index (χ1) is 15.6. The van der Waals surface area contributed by atoms with Gasteiger partial charge < -0.3 is 10.2 Å². The molecule has 1 saturated carbocycles.